The molecule has 0 saturated heterocycles. The molecule has 2 atom stereocenters. The standard InChI is InChI=1S/C13H16N2O4/c14-13(11(16)17)6-10(13)7-15-12(18)19-8-9-4-2-1-3-5-9/h1-5,10H,6-8,14H2,(H,15,18)(H,16,17). The molecule has 2 rings (SSSR count). The second-order valence-electron chi connectivity index (χ2n) is 4.69. The number of nitrogens with two attached hydrogens (primary N) is 1. The average molecular weight is 264 g/mol. The summed E-state index contributed by atoms with van der Waals surface area (Å²) >= 11 is 0. The number of carboxylic acid groups (broad SMARTS) is 1. The number of carbonyl (C=O) groups is 2. The van der Waals surface area contributed by atoms with Gasteiger partial charge in [0, 0.05) is 12.5 Å². The first-order chi connectivity index (χ1) is 9.02. The second-order valence-corrected chi connectivity index (χ2v) is 4.69. The molecule has 1 aliphatic carbocycles. The van der Waals surface area contributed by atoms with Crippen LogP contribution in [0.1, 0.15) is 12.0 Å². The van der Waals surface area contributed by atoms with E-state index in [0.29, 0.717) is 6.42 Å². The fourth-order valence-electron chi connectivity index (χ4n) is 1.85. The summed E-state index contributed by atoms with van der Waals surface area (Å²) in [6.07, 6.45) is -0.190. The van der Waals surface area contributed by atoms with Crippen molar-refractivity contribution >= 4 is 12.1 Å². The van der Waals surface area contributed by atoms with Crippen LogP contribution in [0.3, 0.4) is 0 Å². The number of benzene rings is 1. The van der Waals surface area contributed by atoms with E-state index in [9.17, 15) is 9.59 Å². The van der Waals surface area contributed by atoms with Crippen LogP contribution in [0.25, 0.3) is 0 Å². The average Bonchev–Trinajstić information content (AvgIpc) is 3.08. The van der Waals surface area contributed by atoms with Crippen LogP contribution in [0.5, 0.6) is 0 Å². The Bertz CT molecular complexity index is 477. The van der Waals surface area contributed by atoms with Crippen molar-refractivity contribution in [3.8, 4) is 0 Å². The summed E-state index contributed by atoms with van der Waals surface area (Å²) in [7, 11) is 0. The molecular weight excluding hydrogens is 248 g/mol. The van der Waals surface area contributed by atoms with E-state index in [0.717, 1.165) is 5.56 Å². The Morgan fingerprint density at radius 1 is 1.42 bits per heavy atom. The summed E-state index contributed by atoms with van der Waals surface area (Å²) < 4.78 is 5.00. The van der Waals surface area contributed by atoms with Gasteiger partial charge in [-0.1, -0.05) is 30.3 Å². The van der Waals surface area contributed by atoms with E-state index >= 15 is 0 Å². The summed E-state index contributed by atoms with van der Waals surface area (Å²) in [5.74, 6) is -1.26. The summed E-state index contributed by atoms with van der Waals surface area (Å²) in [6, 6.07) is 9.29. The molecule has 0 aromatic heterocycles. The fourth-order valence-corrected chi connectivity index (χ4v) is 1.85. The quantitative estimate of drug-likeness (QED) is 0.727. The number of hydrogen-bond acceptors (Lipinski definition) is 4. The van der Waals surface area contributed by atoms with Gasteiger partial charge in [0.1, 0.15) is 12.1 Å². The molecule has 6 nitrogen and oxygen atoms in total. The third-order valence-electron chi connectivity index (χ3n) is 3.26. The van der Waals surface area contributed by atoms with E-state index < -0.39 is 17.6 Å². The summed E-state index contributed by atoms with van der Waals surface area (Å²) in [4.78, 5) is 22.2. The van der Waals surface area contributed by atoms with E-state index in [1.807, 2.05) is 30.3 Å². The molecule has 0 radical (unpaired) electrons. The van der Waals surface area contributed by atoms with Crippen molar-refractivity contribution < 1.29 is 19.4 Å². The van der Waals surface area contributed by atoms with Crippen molar-refractivity contribution in [1.29, 1.82) is 0 Å². The lowest BCUT2D eigenvalue weighted by atomic mass is 10.2. The van der Waals surface area contributed by atoms with Gasteiger partial charge in [-0.2, -0.15) is 0 Å². The molecule has 1 aromatic rings. The Morgan fingerprint density at radius 3 is 2.68 bits per heavy atom. The minimum Gasteiger partial charge on any atom is -0.480 e. The van der Waals surface area contributed by atoms with Crippen LogP contribution in [0.4, 0.5) is 4.79 Å². The third kappa shape index (κ3) is 3.23. The maximum atomic E-state index is 11.4. The molecule has 0 bridgehead atoms. The predicted octanol–water partition coefficient (Wildman–Crippen LogP) is 0.715. The molecule has 0 heterocycles. The highest BCUT2D eigenvalue weighted by Crippen LogP contribution is 2.40. The molecule has 1 aliphatic rings. The van der Waals surface area contributed by atoms with E-state index in [2.05, 4.69) is 5.32 Å². The Morgan fingerprint density at radius 2 is 2.11 bits per heavy atom. The lowest BCUT2D eigenvalue weighted by Gasteiger charge is -2.08. The number of ether oxygens (including phenoxy) is 1. The van der Waals surface area contributed by atoms with Gasteiger partial charge in [-0.05, 0) is 12.0 Å². The number of hydrogen-bond donors (Lipinski definition) is 3. The highest BCUT2D eigenvalue weighted by atomic mass is 16.5. The summed E-state index contributed by atoms with van der Waals surface area (Å²) in [5.41, 5.74) is 5.30. The molecule has 1 fully saturated rings. The van der Waals surface area contributed by atoms with E-state index in [1.165, 1.54) is 0 Å². The van der Waals surface area contributed by atoms with Crippen LogP contribution in [0, 0.1) is 5.92 Å². The first kappa shape index (κ1) is 13.4. The van der Waals surface area contributed by atoms with Gasteiger partial charge in [-0.25, -0.2) is 4.79 Å². The maximum absolute atomic E-state index is 11.4. The molecule has 6 heteroatoms. The molecule has 1 aromatic carbocycles. The van der Waals surface area contributed by atoms with Crippen molar-refractivity contribution in [2.45, 2.75) is 18.6 Å². The zero-order valence-electron chi connectivity index (χ0n) is 10.3. The lowest BCUT2D eigenvalue weighted by Crippen LogP contribution is -2.38. The first-order valence-corrected chi connectivity index (χ1v) is 5.99. The summed E-state index contributed by atoms with van der Waals surface area (Å²) in [6.45, 7) is 0.403. The number of amides is 1. The van der Waals surface area contributed by atoms with Crippen LogP contribution in [0.2, 0.25) is 0 Å². The van der Waals surface area contributed by atoms with Crippen molar-refractivity contribution in [2.24, 2.45) is 11.7 Å². The van der Waals surface area contributed by atoms with Gasteiger partial charge in [0.2, 0.25) is 0 Å². The van der Waals surface area contributed by atoms with Crippen LogP contribution in [-0.4, -0.2) is 29.3 Å². The molecule has 19 heavy (non-hydrogen) atoms. The van der Waals surface area contributed by atoms with Gasteiger partial charge < -0.3 is 20.9 Å². The Kier molecular flexibility index (Phi) is 3.71. The summed E-state index contributed by atoms with van der Waals surface area (Å²) in [5, 5.41) is 11.4. The van der Waals surface area contributed by atoms with Crippen LogP contribution in [-0.2, 0) is 16.1 Å². The van der Waals surface area contributed by atoms with Gasteiger partial charge in [0.25, 0.3) is 0 Å². The topological polar surface area (TPSA) is 102 Å². The Hall–Kier alpha value is -2.08. The molecule has 2 unspecified atom stereocenters. The smallest absolute Gasteiger partial charge is 0.407 e. The Balaban J connectivity index is 1.68. The highest BCUT2D eigenvalue weighted by molar-refractivity contribution is 5.83. The van der Waals surface area contributed by atoms with Crippen molar-refractivity contribution in [3.63, 3.8) is 0 Å². The van der Waals surface area contributed by atoms with E-state index in [4.69, 9.17) is 15.6 Å². The van der Waals surface area contributed by atoms with Crippen LogP contribution >= 0.6 is 0 Å². The highest BCUT2D eigenvalue weighted by Gasteiger charge is 2.57. The molecule has 4 N–H and O–H groups in total. The van der Waals surface area contributed by atoms with Crippen molar-refractivity contribution in [1.82, 2.24) is 5.32 Å². The fraction of sp³-hybridized carbons (Fsp3) is 0.385. The van der Waals surface area contributed by atoms with Crippen LogP contribution in [0.15, 0.2) is 30.3 Å². The molecular formula is C13H16N2O4. The third-order valence-corrected chi connectivity index (χ3v) is 3.26. The minimum absolute atomic E-state index is 0.185. The number of aliphatic carboxylic acids is 1. The minimum atomic E-state index is -1.19. The van der Waals surface area contributed by atoms with Crippen molar-refractivity contribution in [2.75, 3.05) is 6.54 Å². The number of carbonyl (C=O) groups excluding carboxylic acids is 1. The largest absolute Gasteiger partial charge is 0.480 e. The molecule has 0 aliphatic heterocycles. The molecule has 0 spiro atoms. The zero-order chi connectivity index (χ0) is 13.9. The van der Waals surface area contributed by atoms with Gasteiger partial charge in [0.05, 0.1) is 0 Å². The SMILES string of the molecule is NC1(C(=O)O)CC1CNC(=O)OCc1ccccc1. The van der Waals surface area contributed by atoms with Crippen molar-refractivity contribution in [3.05, 3.63) is 35.9 Å². The normalized spacial score (nSPS) is 24.6. The maximum Gasteiger partial charge on any atom is 0.407 e. The van der Waals surface area contributed by atoms with Gasteiger partial charge in [-0.15, -0.1) is 0 Å². The monoisotopic (exact) mass is 264 g/mol. The van der Waals surface area contributed by atoms with Crippen LogP contribution < -0.4 is 11.1 Å². The number of alkyl carbamates (subject to hydrolysis) is 1. The van der Waals surface area contributed by atoms with Gasteiger partial charge in [0.15, 0.2) is 0 Å². The Labute approximate surface area is 110 Å². The first-order valence-electron chi connectivity index (χ1n) is 5.99. The number of carboxylic acids is 1. The zero-order valence-corrected chi connectivity index (χ0v) is 10.3. The van der Waals surface area contributed by atoms with E-state index in [-0.39, 0.29) is 19.1 Å². The van der Waals surface area contributed by atoms with Gasteiger partial charge in [-0.3, -0.25) is 4.79 Å². The molecule has 1 amide bonds. The molecule has 1 saturated carbocycles. The predicted molar refractivity (Wildman–Crippen MR) is 67.3 cm³/mol. The van der Waals surface area contributed by atoms with E-state index in [1.54, 1.807) is 0 Å². The lowest BCUT2D eigenvalue weighted by molar-refractivity contribution is -0.140. The number of rotatable bonds is 5. The molecule has 102 valence electrons. The van der Waals surface area contributed by atoms with Gasteiger partial charge >= 0.3 is 12.1 Å². The number of nitrogens with one attached hydrogen (secondary N) is 1. The second kappa shape index (κ2) is 5.27.